The highest BCUT2D eigenvalue weighted by Gasteiger charge is 2.37. The third-order valence-corrected chi connectivity index (χ3v) is 4.48. The number of aromatic nitrogens is 3. The Labute approximate surface area is 154 Å². The van der Waals surface area contributed by atoms with Crippen molar-refractivity contribution in [2.75, 3.05) is 5.75 Å². The molecule has 1 atom stereocenters. The van der Waals surface area contributed by atoms with Crippen LogP contribution in [-0.2, 0) is 12.7 Å². The molecule has 0 radical (unpaired) electrons. The van der Waals surface area contributed by atoms with Crippen LogP contribution in [0.4, 0.5) is 26.3 Å². The average molecular weight is 411 g/mol. The van der Waals surface area contributed by atoms with Crippen molar-refractivity contribution >= 4 is 11.8 Å². The van der Waals surface area contributed by atoms with Gasteiger partial charge in [-0.15, -0.1) is 11.8 Å². The lowest BCUT2D eigenvalue weighted by molar-refractivity contribution is -0.138. The lowest BCUT2D eigenvalue weighted by atomic mass is 10.2. The van der Waals surface area contributed by atoms with E-state index in [4.69, 9.17) is 0 Å². The van der Waals surface area contributed by atoms with Crippen LogP contribution in [-0.4, -0.2) is 32.4 Å². The standard InChI is InChI=1S/C16H15F6N3OS/c1-3-27-12-4-10(16(20,21)22)6-23-14(12)11-5-13(26)25(8-24-11)7-15(18,19)9(2)17/h4-6,8-9H,3,7H2,1-2H3. The summed E-state index contributed by atoms with van der Waals surface area (Å²) in [6, 6.07) is 1.77. The van der Waals surface area contributed by atoms with Crippen LogP contribution >= 0.6 is 11.8 Å². The summed E-state index contributed by atoms with van der Waals surface area (Å²) < 4.78 is 79.0. The molecule has 2 rings (SSSR count). The molecule has 0 saturated heterocycles. The molecule has 0 aromatic carbocycles. The van der Waals surface area contributed by atoms with Crippen LogP contribution in [0.3, 0.4) is 0 Å². The van der Waals surface area contributed by atoms with E-state index < -0.39 is 35.9 Å². The fourth-order valence-electron chi connectivity index (χ4n) is 2.08. The van der Waals surface area contributed by atoms with Crippen LogP contribution in [0.15, 0.2) is 34.3 Å². The maximum Gasteiger partial charge on any atom is 0.417 e. The number of alkyl halides is 6. The Morgan fingerprint density at radius 2 is 1.85 bits per heavy atom. The van der Waals surface area contributed by atoms with E-state index in [0.717, 1.165) is 30.2 Å². The minimum Gasteiger partial charge on any atom is -0.293 e. The second-order valence-corrected chi connectivity index (χ2v) is 6.92. The molecule has 4 nitrogen and oxygen atoms in total. The Bertz CT molecular complexity index is 866. The number of thioether (sulfide) groups is 1. The zero-order chi connectivity index (χ0) is 20.4. The van der Waals surface area contributed by atoms with Crippen molar-refractivity contribution < 1.29 is 26.3 Å². The molecule has 11 heteroatoms. The molecule has 0 N–H and O–H groups in total. The SMILES string of the molecule is CCSc1cc(C(F)(F)F)cnc1-c1cc(=O)n(CC(F)(F)C(C)F)cn1. The fraction of sp³-hybridized carbons (Fsp3) is 0.438. The molecule has 2 aromatic heterocycles. The molecule has 0 amide bonds. The first kappa shape index (κ1) is 21.3. The van der Waals surface area contributed by atoms with Gasteiger partial charge in [-0.05, 0) is 18.7 Å². The van der Waals surface area contributed by atoms with Gasteiger partial charge in [-0.25, -0.2) is 18.2 Å². The van der Waals surface area contributed by atoms with Gasteiger partial charge in [-0.1, -0.05) is 6.92 Å². The highest BCUT2D eigenvalue weighted by atomic mass is 32.2. The van der Waals surface area contributed by atoms with E-state index in [1.165, 1.54) is 0 Å². The van der Waals surface area contributed by atoms with Gasteiger partial charge >= 0.3 is 6.18 Å². The summed E-state index contributed by atoms with van der Waals surface area (Å²) in [7, 11) is 0. The van der Waals surface area contributed by atoms with E-state index in [9.17, 15) is 31.1 Å². The smallest absolute Gasteiger partial charge is 0.293 e. The Morgan fingerprint density at radius 3 is 2.37 bits per heavy atom. The first-order chi connectivity index (χ1) is 12.5. The summed E-state index contributed by atoms with van der Waals surface area (Å²) in [5, 5.41) is 0. The number of pyridine rings is 1. The van der Waals surface area contributed by atoms with Gasteiger partial charge in [0.25, 0.3) is 11.5 Å². The average Bonchev–Trinajstić information content (AvgIpc) is 2.56. The van der Waals surface area contributed by atoms with Crippen LogP contribution in [0.5, 0.6) is 0 Å². The van der Waals surface area contributed by atoms with Gasteiger partial charge in [-0.2, -0.15) is 13.2 Å². The summed E-state index contributed by atoms with van der Waals surface area (Å²) >= 11 is 1.07. The van der Waals surface area contributed by atoms with Crippen LogP contribution in [0.25, 0.3) is 11.4 Å². The zero-order valence-corrected chi connectivity index (χ0v) is 15.0. The first-order valence-corrected chi connectivity index (χ1v) is 8.73. The maximum atomic E-state index is 13.5. The molecule has 0 aliphatic carbocycles. The van der Waals surface area contributed by atoms with E-state index in [1.807, 2.05) is 0 Å². The van der Waals surface area contributed by atoms with Gasteiger partial charge in [0.2, 0.25) is 0 Å². The largest absolute Gasteiger partial charge is 0.417 e. The fourth-order valence-corrected chi connectivity index (χ4v) is 2.90. The van der Waals surface area contributed by atoms with Crippen LogP contribution in [0, 0.1) is 0 Å². The molecule has 1 unspecified atom stereocenters. The topological polar surface area (TPSA) is 47.8 Å². The van der Waals surface area contributed by atoms with Gasteiger partial charge in [0.05, 0.1) is 24.1 Å². The molecule has 2 aromatic rings. The number of halogens is 6. The monoisotopic (exact) mass is 411 g/mol. The highest BCUT2D eigenvalue weighted by molar-refractivity contribution is 7.99. The van der Waals surface area contributed by atoms with Crippen LogP contribution < -0.4 is 5.56 Å². The minimum atomic E-state index is -4.58. The molecule has 0 saturated carbocycles. The minimum absolute atomic E-state index is 0.0321. The van der Waals surface area contributed by atoms with Gasteiger partial charge in [0, 0.05) is 17.2 Å². The van der Waals surface area contributed by atoms with Crippen molar-refractivity contribution in [3.8, 4) is 11.4 Å². The van der Waals surface area contributed by atoms with Gasteiger partial charge in [0.15, 0.2) is 6.17 Å². The van der Waals surface area contributed by atoms with Crippen molar-refractivity contribution in [3.05, 3.63) is 40.6 Å². The molecule has 27 heavy (non-hydrogen) atoms. The molecule has 0 bridgehead atoms. The summed E-state index contributed by atoms with van der Waals surface area (Å²) in [5.41, 5.74) is -1.87. The van der Waals surface area contributed by atoms with Gasteiger partial charge in [0.1, 0.15) is 5.69 Å². The van der Waals surface area contributed by atoms with Crippen molar-refractivity contribution in [1.29, 1.82) is 0 Å². The summed E-state index contributed by atoms with van der Waals surface area (Å²) in [6.45, 7) is 1.20. The number of nitrogens with zero attached hydrogens (tertiary/aromatic N) is 3. The van der Waals surface area contributed by atoms with Crippen molar-refractivity contribution in [2.45, 2.75) is 43.6 Å². The van der Waals surface area contributed by atoms with Gasteiger partial charge in [-0.3, -0.25) is 14.3 Å². The van der Waals surface area contributed by atoms with E-state index >= 15 is 0 Å². The molecular weight excluding hydrogens is 396 g/mol. The molecular formula is C16H15F6N3OS. The van der Waals surface area contributed by atoms with Crippen molar-refractivity contribution in [3.63, 3.8) is 0 Å². The molecule has 148 valence electrons. The number of rotatable bonds is 6. The molecule has 0 aliphatic heterocycles. The molecule has 0 aliphatic rings. The Balaban J connectivity index is 2.44. The molecule has 0 fully saturated rings. The Kier molecular flexibility index (Phi) is 6.23. The Hall–Kier alpha value is -2.04. The zero-order valence-electron chi connectivity index (χ0n) is 14.2. The summed E-state index contributed by atoms with van der Waals surface area (Å²) in [6.07, 6.45) is -5.64. The van der Waals surface area contributed by atoms with Gasteiger partial charge < -0.3 is 0 Å². The van der Waals surface area contributed by atoms with E-state index in [1.54, 1.807) is 6.92 Å². The molecule has 2 heterocycles. The van der Waals surface area contributed by atoms with Crippen molar-refractivity contribution in [1.82, 2.24) is 14.5 Å². The van der Waals surface area contributed by atoms with Crippen LogP contribution in [0.1, 0.15) is 19.4 Å². The quantitative estimate of drug-likeness (QED) is 0.521. The second-order valence-electron chi connectivity index (χ2n) is 5.62. The highest BCUT2D eigenvalue weighted by Crippen LogP contribution is 2.35. The maximum absolute atomic E-state index is 13.5. The lowest BCUT2D eigenvalue weighted by Crippen LogP contribution is -2.37. The predicted octanol–water partition coefficient (Wildman–Crippen LogP) is 4.43. The van der Waals surface area contributed by atoms with Crippen molar-refractivity contribution in [2.24, 2.45) is 0 Å². The van der Waals surface area contributed by atoms with E-state index in [2.05, 4.69) is 9.97 Å². The Morgan fingerprint density at radius 1 is 1.19 bits per heavy atom. The van der Waals surface area contributed by atoms with E-state index in [0.29, 0.717) is 23.4 Å². The normalized spacial score (nSPS) is 13.6. The summed E-state index contributed by atoms with van der Waals surface area (Å²) in [5.74, 6) is -3.32. The first-order valence-electron chi connectivity index (χ1n) is 7.74. The lowest BCUT2D eigenvalue weighted by Gasteiger charge is -2.18. The molecule has 0 spiro atoms. The predicted molar refractivity (Wildman–Crippen MR) is 88.6 cm³/mol. The van der Waals surface area contributed by atoms with E-state index in [-0.39, 0.29) is 16.3 Å². The number of hydrogen-bond acceptors (Lipinski definition) is 4. The summed E-state index contributed by atoms with van der Waals surface area (Å²) in [4.78, 5) is 19.8. The third-order valence-electron chi connectivity index (χ3n) is 3.57. The number of hydrogen-bond donors (Lipinski definition) is 0. The third kappa shape index (κ3) is 5.02. The second kappa shape index (κ2) is 7.91. The van der Waals surface area contributed by atoms with Crippen LogP contribution in [0.2, 0.25) is 0 Å².